The topological polar surface area (TPSA) is 42.6 Å². The fourth-order valence-electron chi connectivity index (χ4n) is 4.71. The SMILES string of the molecule is COc1ccc(C2=NN(c3ccccc3)C(c3cn(-c4ccccc4)nc3-c3ccc(F)cc3)C2)cc1. The monoisotopic (exact) mass is 488 g/mol. The number of nitrogens with zero attached hydrogens (tertiary/aromatic N) is 4. The van der Waals surface area contributed by atoms with E-state index in [2.05, 4.69) is 23.3 Å². The predicted octanol–water partition coefficient (Wildman–Crippen LogP) is 7.04. The molecule has 0 aliphatic carbocycles. The molecule has 6 heteroatoms. The summed E-state index contributed by atoms with van der Waals surface area (Å²) in [4.78, 5) is 0. The third-order valence-electron chi connectivity index (χ3n) is 6.59. The van der Waals surface area contributed by atoms with E-state index in [1.807, 2.05) is 77.5 Å². The molecule has 0 fully saturated rings. The van der Waals surface area contributed by atoms with Gasteiger partial charge in [-0.3, -0.25) is 5.01 Å². The maximum atomic E-state index is 13.8. The first-order valence-electron chi connectivity index (χ1n) is 12.2. The maximum absolute atomic E-state index is 13.8. The zero-order valence-electron chi connectivity index (χ0n) is 20.3. The van der Waals surface area contributed by atoms with Crippen LogP contribution in [-0.4, -0.2) is 22.6 Å². The van der Waals surface area contributed by atoms with Gasteiger partial charge in [0.25, 0.3) is 0 Å². The van der Waals surface area contributed by atoms with Crippen LogP contribution in [0.15, 0.2) is 120 Å². The molecule has 0 amide bonds. The second-order valence-corrected chi connectivity index (χ2v) is 8.90. The number of halogens is 1. The summed E-state index contributed by atoms with van der Waals surface area (Å²) in [5.74, 6) is 0.534. The first-order valence-corrected chi connectivity index (χ1v) is 12.2. The summed E-state index contributed by atoms with van der Waals surface area (Å²) >= 11 is 0. The van der Waals surface area contributed by atoms with Crippen LogP contribution in [0.1, 0.15) is 23.6 Å². The van der Waals surface area contributed by atoms with Crippen molar-refractivity contribution in [3.63, 3.8) is 0 Å². The van der Waals surface area contributed by atoms with Crippen LogP contribution < -0.4 is 9.75 Å². The van der Waals surface area contributed by atoms with Gasteiger partial charge in [0.05, 0.1) is 35.9 Å². The van der Waals surface area contributed by atoms with Crippen LogP contribution in [0.5, 0.6) is 5.75 Å². The minimum absolute atomic E-state index is 0.1000. The van der Waals surface area contributed by atoms with Crippen LogP contribution in [0, 0.1) is 5.82 Å². The van der Waals surface area contributed by atoms with Crippen molar-refractivity contribution in [3.05, 3.63) is 132 Å². The van der Waals surface area contributed by atoms with Gasteiger partial charge < -0.3 is 4.74 Å². The molecule has 1 atom stereocenters. The Hall–Kier alpha value is -4.71. The van der Waals surface area contributed by atoms with E-state index in [0.717, 1.165) is 45.2 Å². The molecule has 2 heterocycles. The van der Waals surface area contributed by atoms with Gasteiger partial charge in [0.1, 0.15) is 11.6 Å². The number of rotatable bonds is 6. The highest BCUT2D eigenvalue weighted by Gasteiger charge is 2.33. The molecule has 4 aromatic carbocycles. The average Bonchev–Trinajstić information content (AvgIpc) is 3.60. The fraction of sp³-hybridized carbons (Fsp3) is 0.0968. The van der Waals surface area contributed by atoms with Crippen molar-refractivity contribution in [2.45, 2.75) is 12.5 Å². The van der Waals surface area contributed by atoms with E-state index in [9.17, 15) is 4.39 Å². The molecule has 5 aromatic rings. The van der Waals surface area contributed by atoms with Gasteiger partial charge >= 0.3 is 0 Å². The summed E-state index contributed by atoms with van der Waals surface area (Å²) in [6.45, 7) is 0. The average molecular weight is 489 g/mol. The Kier molecular flexibility index (Phi) is 5.98. The van der Waals surface area contributed by atoms with Crippen LogP contribution in [0.3, 0.4) is 0 Å². The Morgan fingerprint density at radius 1 is 0.757 bits per heavy atom. The van der Waals surface area contributed by atoms with E-state index in [1.54, 1.807) is 19.2 Å². The predicted molar refractivity (Wildman–Crippen MR) is 145 cm³/mol. The Balaban J connectivity index is 1.48. The molecule has 1 aliphatic heterocycles. The summed E-state index contributed by atoms with van der Waals surface area (Å²) in [5.41, 5.74) is 6.66. The molecular formula is C31H25FN4O. The molecule has 0 radical (unpaired) electrons. The van der Waals surface area contributed by atoms with Gasteiger partial charge in [0.2, 0.25) is 0 Å². The van der Waals surface area contributed by atoms with Crippen LogP contribution in [-0.2, 0) is 0 Å². The summed E-state index contributed by atoms with van der Waals surface area (Å²) in [6, 6.07) is 34.6. The van der Waals surface area contributed by atoms with Crippen LogP contribution >= 0.6 is 0 Å². The quantitative estimate of drug-likeness (QED) is 0.257. The first kappa shape index (κ1) is 22.7. The van der Waals surface area contributed by atoms with E-state index >= 15 is 0 Å². The Morgan fingerprint density at radius 2 is 1.38 bits per heavy atom. The van der Waals surface area contributed by atoms with Crippen molar-refractivity contribution < 1.29 is 9.13 Å². The van der Waals surface area contributed by atoms with E-state index in [-0.39, 0.29) is 11.9 Å². The molecule has 37 heavy (non-hydrogen) atoms. The number of para-hydroxylation sites is 2. The number of hydrogen-bond acceptors (Lipinski definition) is 4. The highest BCUT2D eigenvalue weighted by atomic mass is 19.1. The zero-order valence-corrected chi connectivity index (χ0v) is 20.3. The summed E-state index contributed by atoms with van der Waals surface area (Å²) in [6.07, 6.45) is 2.76. The van der Waals surface area contributed by atoms with Crippen molar-refractivity contribution in [2.75, 3.05) is 12.1 Å². The zero-order chi connectivity index (χ0) is 25.2. The first-order chi connectivity index (χ1) is 18.2. The van der Waals surface area contributed by atoms with Crippen molar-refractivity contribution in [3.8, 4) is 22.7 Å². The number of methoxy groups -OCH3 is 1. The Labute approximate surface area is 215 Å². The minimum atomic E-state index is -0.273. The van der Waals surface area contributed by atoms with Crippen molar-refractivity contribution >= 4 is 11.4 Å². The molecule has 1 aromatic heterocycles. The standard InChI is InChI=1S/C31H25FN4O/c1-37-27-18-14-22(15-19-27)29-20-30(36(33-29)26-10-6-3-7-11-26)28-21-35(25-8-4-2-5-9-25)34-31(28)23-12-16-24(32)17-13-23/h2-19,21,30H,20H2,1H3. The van der Waals surface area contributed by atoms with Gasteiger partial charge in [0, 0.05) is 23.7 Å². The van der Waals surface area contributed by atoms with Crippen molar-refractivity contribution in [1.82, 2.24) is 9.78 Å². The largest absolute Gasteiger partial charge is 0.497 e. The number of ether oxygens (including phenoxy) is 1. The van der Waals surface area contributed by atoms with Gasteiger partial charge in [-0.05, 0) is 78.4 Å². The second-order valence-electron chi connectivity index (χ2n) is 8.90. The lowest BCUT2D eigenvalue weighted by atomic mass is 9.96. The van der Waals surface area contributed by atoms with Gasteiger partial charge in [-0.2, -0.15) is 10.2 Å². The van der Waals surface area contributed by atoms with Gasteiger partial charge in [-0.1, -0.05) is 36.4 Å². The lowest BCUT2D eigenvalue weighted by molar-refractivity contribution is 0.415. The Bertz CT molecular complexity index is 1530. The third-order valence-corrected chi connectivity index (χ3v) is 6.59. The van der Waals surface area contributed by atoms with Crippen LogP contribution in [0.2, 0.25) is 0 Å². The molecule has 182 valence electrons. The molecule has 1 unspecified atom stereocenters. The van der Waals surface area contributed by atoms with Crippen molar-refractivity contribution in [1.29, 1.82) is 0 Å². The summed E-state index contributed by atoms with van der Waals surface area (Å²) < 4.78 is 21.0. The third kappa shape index (κ3) is 4.49. The number of anilines is 1. The summed E-state index contributed by atoms with van der Waals surface area (Å²) in [7, 11) is 1.66. The molecule has 6 rings (SSSR count). The molecule has 0 saturated heterocycles. The van der Waals surface area contributed by atoms with E-state index in [4.69, 9.17) is 14.9 Å². The van der Waals surface area contributed by atoms with Crippen LogP contribution in [0.4, 0.5) is 10.1 Å². The molecule has 1 aliphatic rings. The number of hydrazone groups is 1. The van der Waals surface area contributed by atoms with E-state index in [0.29, 0.717) is 6.42 Å². The highest BCUT2D eigenvalue weighted by molar-refractivity contribution is 6.03. The molecule has 0 N–H and O–H groups in total. The fourth-order valence-corrected chi connectivity index (χ4v) is 4.71. The highest BCUT2D eigenvalue weighted by Crippen LogP contribution is 2.40. The summed E-state index contributed by atoms with van der Waals surface area (Å²) in [5, 5.41) is 12.1. The van der Waals surface area contributed by atoms with E-state index in [1.165, 1.54) is 12.1 Å². The van der Waals surface area contributed by atoms with Gasteiger partial charge in [0.15, 0.2) is 0 Å². The van der Waals surface area contributed by atoms with Crippen molar-refractivity contribution in [2.24, 2.45) is 5.10 Å². The number of aromatic nitrogens is 2. The molecular weight excluding hydrogens is 463 g/mol. The maximum Gasteiger partial charge on any atom is 0.123 e. The minimum Gasteiger partial charge on any atom is -0.497 e. The number of benzene rings is 4. The van der Waals surface area contributed by atoms with Gasteiger partial charge in [-0.15, -0.1) is 0 Å². The molecule has 0 bridgehead atoms. The normalized spacial score (nSPS) is 15.0. The van der Waals surface area contributed by atoms with E-state index < -0.39 is 0 Å². The lowest BCUT2D eigenvalue weighted by Crippen LogP contribution is -2.18. The van der Waals surface area contributed by atoms with Crippen LogP contribution in [0.25, 0.3) is 16.9 Å². The molecule has 5 nitrogen and oxygen atoms in total. The lowest BCUT2D eigenvalue weighted by Gasteiger charge is -2.23. The Morgan fingerprint density at radius 3 is 2.03 bits per heavy atom. The molecule has 0 spiro atoms. The van der Waals surface area contributed by atoms with Gasteiger partial charge in [-0.25, -0.2) is 9.07 Å². The smallest absolute Gasteiger partial charge is 0.123 e. The second kappa shape index (κ2) is 9.74. The number of hydrogen-bond donors (Lipinski definition) is 0. The molecule has 0 saturated carbocycles.